The van der Waals surface area contributed by atoms with Crippen molar-refractivity contribution < 1.29 is 18.7 Å². The summed E-state index contributed by atoms with van der Waals surface area (Å²) in [6, 6.07) is 16.9. The Balaban J connectivity index is 1.30. The molecule has 0 unspecified atom stereocenters. The normalized spacial score (nSPS) is 12.2. The lowest BCUT2D eigenvalue weighted by Crippen LogP contribution is -2.31. The molecule has 4 aromatic rings. The van der Waals surface area contributed by atoms with Gasteiger partial charge in [-0.1, -0.05) is 36.4 Å². The molecule has 1 atom stereocenters. The van der Waals surface area contributed by atoms with Crippen molar-refractivity contribution in [2.24, 2.45) is 0 Å². The van der Waals surface area contributed by atoms with E-state index in [1.54, 1.807) is 6.20 Å². The average Bonchev–Trinajstić information content (AvgIpc) is 3.31. The predicted molar refractivity (Wildman–Crippen MR) is 106 cm³/mol. The molecule has 0 fully saturated rings. The number of furan rings is 1. The molecule has 0 saturated carbocycles. The Morgan fingerprint density at radius 1 is 1.14 bits per heavy atom. The van der Waals surface area contributed by atoms with Crippen LogP contribution in [0.2, 0.25) is 0 Å². The van der Waals surface area contributed by atoms with E-state index in [1.807, 2.05) is 61.5 Å². The van der Waals surface area contributed by atoms with Gasteiger partial charge in [0.2, 0.25) is 0 Å². The van der Waals surface area contributed by atoms with Crippen LogP contribution in [0.1, 0.15) is 24.3 Å². The van der Waals surface area contributed by atoms with Crippen LogP contribution in [0.3, 0.4) is 0 Å². The molecular formula is C22H20N2O4. The molecule has 1 amide bonds. The van der Waals surface area contributed by atoms with Crippen molar-refractivity contribution in [2.45, 2.75) is 19.4 Å². The fraction of sp³-hybridized carbons (Fsp3) is 0.182. The number of benzene rings is 2. The van der Waals surface area contributed by atoms with E-state index in [2.05, 4.69) is 10.3 Å². The molecule has 6 nitrogen and oxygen atoms in total. The number of amides is 1. The van der Waals surface area contributed by atoms with E-state index < -0.39 is 5.97 Å². The zero-order valence-electron chi connectivity index (χ0n) is 15.4. The van der Waals surface area contributed by atoms with E-state index in [4.69, 9.17) is 9.15 Å². The number of fused-ring (bicyclic) bond motifs is 2. The number of hydrogen-bond acceptors (Lipinski definition) is 4. The fourth-order valence-corrected chi connectivity index (χ4v) is 3.20. The summed E-state index contributed by atoms with van der Waals surface area (Å²) in [6.45, 7) is 1.50. The minimum absolute atomic E-state index is 0.108. The van der Waals surface area contributed by atoms with Crippen molar-refractivity contribution in [3.05, 3.63) is 72.1 Å². The SMILES string of the molecule is C[C@@H](NC(=O)COC(=O)Cc1c[nH]c2ccccc12)c1cc2ccccc2o1. The van der Waals surface area contributed by atoms with E-state index in [0.29, 0.717) is 5.76 Å². The van der Waals surface area contributed by atoms with Crippen LogP contribution in [0.25, 0.3) is 21.9 Å². The molecule has 0 aliphatic carbocycles. The van der Waals surface area contributed by atoms with Gasteiger partial charge in [0.15, 0.2) is 6.61 Å². The summed E-state index contributed by atoms with van der Waals surface area (Å²) in [5.74, 6) is -0.170. The number of hydrogen-bond donors (Lipinski definition) is 2. The summed E-state index contributed by atoms with van der Waals surface area (Å²) in [5, 5.41) is 4.74. The molecule has 0 saturated heterocycles. The van der Waals surface area contributed by atoms with Crippen LogP contribution in [0, 0.1) is 0 Å². The maximum Gasteiger partial charge on any atom is 0.310 e. The van der Waals surface area contributed by atoms with Gasteiger partial charge in [-0.2, -0.15) is 0 Å². The molecule has 4 rings (SSSR count). The lowest BCUT2D eigenvalue weighted by atomic mass is 10.1. The van der Waals surface area contributed by atoms with E-state index in [1.165, 1.54) is 0 Å². The second kappa shape index (κ2) is 7.60. The number of ether oxygens (including phenoxy) is 1. The van der Waals surface area contributed by atoms with Gasteiger partial charge in [0.1, 0.15) is 11.3 Å². The number of carbonyl (C=O) groups excluding carboxylic acids is 2. The summed E-state index contributed by atoms with van der Waals surface area (Å²) in [4.78, 5) is 27.3. The Kier molecular flexibility index (Phi) is 4.85. The predicted octanol–water partition coefficient (Wildman–Crippen LogP) is 3.88. The van der Waals surface area contributed by atoms with E-state index in [-0.39, 0.29) is 25.0 Å². The highest BCUT2D eigenvalue weighted by Crippen LogP contribution is 2.23. The lowest BCUT2D eigenvalue weighted by Gasteiger charge is -2.11. The number of para-hydroxylation sites is 2. The van der Waals surface area contributed by atoms with Crippen molar-refractivity contribution in [2.75, 3.05) is 6.61 Å². The standard InChI is InChI=1S/C22H20N2O4/c1-14(20-10-15-6-2-5-9-19(15)28-20)24-21(25)13-27-22(26)11-16-12-23-18-8-4-3-7-17(16)18/h2-10,12,14,23H,11,13H2,1H3,(H,24,25)/t14-/m1/s1. The van der Waals surface area contributed by atoms with Gasteiger partial charge in [0.25, 0.3) is 5.91 Å². The highest BCUT2D eigenvalue weighted by Gasteiger charge is 2.16. The molecular weight excluding hydrogens is 356 g/mol. The maximum absolute atomic E-state index is 12.1. The second-order valence-corrected chi connectivity index (χ2v) is 6.67. The van der Waals surface area contributed by atoms with Gasteiger partial charge in [-0.3, -0.25) is 9.59 Å². The summed E-state index contributed by atoms with van der Waals surface area (Å²) in [7, 11) is 0. The zero-order valence-corrected chi connectivity index (χ0v) is 15.4. The van der Waals surface area contributed by atoms with Crippen molar-refractivity contribution in [1.29, 1.82) is 0 Å². The molecule has 28 heavy (non-hydrogen) atoms. The second-order valence-electron chi connectivity index (χ2n) is 6.67. The van der Waals surface area contributed by atoms with Crippen LogP contribution >= 0.6 is 0 Å². The highest BCUT2D eigenvalue weighted by molar-refractivity contribution is 5.88. The first-order valence-corrected chi connectivity index (χ1v) is 9.08. The summed E-state index contributed by atoms with van der Waals surface area (Å²) >= 11 is 0. The van der Waals surface area contributed by atoms with Crippen LogP contribution in [-0.4, -0.2) is 23.5 Å². The van der Waals surface area contributed by atoms with Gasteiger partial charge in [-0.25, -0.2) is 0 Å². The minimum Gasteiger partial charge on any atom is -0.459 e. The largest absolute Gasteiger partial charge is 0.459 e. The topological polar surface area (TPSA) is 84.3 Å². The van der Waals surface area contributed by atoms with Crippen LogP contribution in [0.15, 0.2) is 65.2 Å². The van der Waals surface area contributed by atoms with Crippen molar-refractivity contribution in [1.82, 2.24) is 10.3 Å². The third-order valence-corrected chi connectivity index (χ3v) is 4.62. The third-order valence-electron chi connectivity index (χ3n) is 4.62. The molecule has 0 spiro atoms. The van der Waals surface area contributed by atoms with Gasteiger partial charge >= 0.3 is 5.97 Å². The molecule has 142 valence electrons. The van der Waals surface area contributed by atoms with Gasteiger partial charge in [0.05, 0.1) is 12.5 Å². The number of esters is 1. The van der Waals surface area contributed by atoms with Gasteiger partial charge < -0.3 is 19.5 Å². The van der Waals surface area contributed by atoms with E-state index >= 15 is 0 Å². The Morgan fingerprint density at radius 2 is 1.93 bits per heavy atom. The maximum atomic E-state index is 12.1. The number of carbonyl (C=O) groups is 2. The Bertz CT molecular complexity index is 1110. The van der Waals surface area contributed by atoms with Gasteiger partial charge in [-0.05, 0) is 30.7 Å². The molecule has 2 aromatic heterocycles. The van der Waals surface area contributed by atoms with Gasteiger partial charge in [0, 0.05) is 22.5 Å². The molecule has 0 aliphatic rings. The Labute approximate surface area is 161 Å². The smallest absolute Gasteiger partial charge is 0.310 e. The number of H-pyrrole nitrogens is 1. The molecule has 2 aromatic carbocycles. The Hall–Kier alpha value is -3.54. The first-order chi connectivity index (χ1) is 13.6. The third kappa shape index (κ3) is 3.76. The minimum atomic E-state index is -0.448. The van der Waals surface area contributed by atoms with Crippen molar-refractivity contribution >= 4 is 33.7 Å². The number of rotatable bonds is 6. The number of nitrogens with one attached hydrogen (secondary N) is 2. The lowest BCUT2D eigenvalue weighted by molar-refractivity contribution is -0.148. The van der Waals surface area contributed by atoms with E-state index in [9.17, 15) is 9.59 Å². The molecule has 6 heteroatoms. The fourth-order valence-electron chi connectivity index (χ4n) is 3.20. The summed E-state index contributed by atoms with van der Waals surface area (Å²) < 4.78 is 10.9. The summed E-state index contributed by atoms with van der Waals surface area (Å²) in [5.41, 5.74) is 2.57. The monoisotopic (exact) mass is 376 g/mol. The number of aromatic nitrogens is 1. The van der Waals surface area contributed by atoms with Crippen LogP contribution in [0.4, 0.5) is 0 Å². The van der Waals surface area contributed by atoms with Crippen molar-refractivity contribution in [3.8, 4) is 0 Å². The quantitative estimate of drug-likeness (QED) is 0.500. The first-order valence-electron chi connectivity index (χ1n) is 9.08. The van der Waals surface area contributed by atoms with Crippen LogP contribution < -0.4 is 5.32 Å². The molecule has 0 aliphatic heterocycles. The number of aromatic amines is 1. The van der Waals surface area contributed by atoms with Gasteiger partial charge in [-0.15, -0.1) is 0 Å². The molecule has 0 radical (unpaired) electrons. The van der Waals surface area contributed by atoms with Crippen LogP contribution in [0.5, 0.6) is 0 Å². The molecule has 0 bridgehead atoms. The average molecular weight is 376 g/mol. The summed E-state index contributed by atoms with van der Waals surface area (Å²) in [6.07, 6.45) is 1.89. The zero-order chi connectivity index (χ0) is 19.5. The molecule has 2 N–H and O–H groups in total. The van der Waals surface area contributed by atoms with E-state index in [0.717, 1.165) is 27.4 Å². The Morgan fingerprint density at radius 3 is 2.79 bits per heavy atom. The first kappa shape index (κ1) is 17.9. The van der Waals surface area contributed by atoms with Crippen LogP contribution in [-0.2, 0) is 20.7 Å². The van der Waals surface area contributed by atoms with Crippen molar-refractivity contribution in [3.63, 3.8) is 0 Å². The molecule has 2 heterocycles. The highest BCUT2D eigenvalue weighted by atomic mass is 16.5.